The SMILES string of the molecule is O=C(S)N(CCCCl)c1ccc(-c2ccc(=O)[nH]n2)cc1. The summed E-state index contributed by atoms with van der Waals surface area (Å²) >= 11 is 9.53. The Morgan fingerprint density at radius 2 is 1.95 bits per heavy atom. The number of anilines is 1. The largest absolute Gasteiger partial charge is 0.303 e. The number of nitrogens with one attached hydrogen (secondary N) is 1. The first-order valence-electron chi connectivity index (χ1n) is 6.34. The second-order valence-electron chi connectivity index (χ2n) is 4.33. The van der Waals surface area contributed by atoms with Gasteiger partial charge in [-0.15, -0.1) is 11.6 Å². The predicted octanol–water partition coefficient (Wildman–Crippen LogP) is 2.92. The quantitative estimate of drug-likeness (QED) is 0.657. The summed E-state index contributed by atoms with van der Waals surface area (Å²) in [5.41, 5.74) is 2.00. The lowest BCUT2D eigenvalue weighted by Crippen LogP contribution is -2.27. The van der Waals surface area contributed by atoms with Crippen LogP contribution in [0.1, 0.15) is 6.42 Å². The van der Waals surface area contributed by atoms with Gasteiger partial charge in [-0.3, -0.25) is 9.59 Å². The van der Waals surface area contributed by atoms with Crippen molar-refractivity contribution in [3.63, 3.8) is 0 Å². The van der Waals surface area contributed by atoms with Crippen LogP contribution in [0.4, 0.5) is 10.5 Å². The van der Waals surface area contributed by atoms with Crippen LogP contribution in [0.3, 0.4) is 0 Å². The van der Waals surface area contributed by atoms with E-state index in [0.29, 0.717) is 24.5 Å². The number of hydrogen-bond donors (Lipinski definition) is 2. The first-order valence-corrected chi connectivity index (χ1v) is 7.32. The standard InChI is InChI=1S/C14H14ClN3O2S/c15-8-1-9-18(14(20)21)11-4-2-10(3-5-11)12-6-7-13(19)17-16-12/h2-7H,1,8-9H2,(H,17,19)(H,20,21). The summed E-state index contributed by atoms with van der Waals surface area (Å²) < 4.78 is 0. The van der Waals surface area contributed by atoms with Crippen LogP contribution < -0.4 is 10.5 Å². The number of hydrogen-bond acceptors (Lipinski definition) is 3. The number of aromatic amines is 1. The number of halogens is 1. The van der Waals surface area contributed by atoms with E-state index in [1.807, 2.05) is 24.3 Å². The average Bonchev–Trinajstić information content (AvgIpc) is 2.49. The first-order chi connectivity index (χ1) is 10.1. The van der Waals surface area contributed by atoms with Crippen molar-refractivity contribution in [2.24, 2.45) is 0 Å². The van der Waals surface area contributed by atoms with Crippen LogP contribution >= 0.6 is 24.2 Å². The molecule has 2 aromatic rings. The molecule has 0 fully saturated rings. The second-order valence-corrected chi connectivity index (χ2v) is 5.09. The van der Waals surface area contributed by atoms with Gasteiger partial charge in [-0.2, -0.15) is 5.10 Å². The maximum absolute atomic E-state index is 11.5. The minimum Gasteiger partial charge on any atom is -0.303 e. The zero-order chi connectivity index (χ0) is 15.2. The molecule has 5 nitrogen and oxygen atoms in total. The Morgan fingerprint density at radius 1 is 1.24 bits per heavy atom. The van der Waals surface area contributed by atoms with Crippen molar-refractivity contribution in [2.75, 3.05) is 17.3 Å². The highest BCUT2D eigenvalue weighted by molar-refractivity contribution is 7.96. The summed E-state index contributed by atoms with van der Waals surface area (Å²) in [6.07, 6.45) is 0.692. The van der Waals surface area contributed by atoms with Crippen LogP contribution in [0.25, 0.3) is 11.3 Å². The molecule has 1 N–H and O–H groups in total. The normalized spacial score (nSPS) is 10.4. The zero-order valence-electron chi connectivity index (χ0n) is 11.1. The molecule has 0 atom stereocenters. The Hall–Kier alpha value is -1.79. The molecule has 21 heavy (non-hydrogen) atoms. The van der Waals surface area contributed by atoms with Crippen LogP contribution in [-0.4, -0.2) is 27.9 Å². The minimum absolute atomic E-state index is 0.247. The number of rotatable bonds is 5. The van der Waals surface area contributed by atoms with E-state index in [0.717, 1.165) is 11.3 Å². The molecule has 0 saturated heterocycles. The predicted molar refractivity (Wildman–Crippen MR) is 87.4 cm³/mol. The Kier molecular flexibility index (Phi) is 5.41. The van der Waals surface area contributed by atoms with E-state index in [4.69, 9.17) is 11.6 Å². The van der Waals surface area contributed by atoms with Gasteiger partial charge in [0, 0.05) is 29.7 Å². The van der Waals surface area contributed by atoms with Crippen molar-refractivity contribution >= 4 is 35.2 Å². The van der Waals surface area contributed by atoms with E-state index >= 15 is 0 Å². The fraction of sp³-hybridized carbons (Fsp3) is 0.214. The number of amides is 1. The van der Waals surface area contributed by atoms with Gasteiger partial charge < -0.3 is 4.90 Å². The summed E-state index contributed by atoms with van der Waals surface area (Å²) in [6, 6.07) is 10.3. The fourth-order valence-corrected chi connectivity index (χ4v) is 2.21. The number of benzene rings is 1. The van der Waals surface area contributed by atoms with Gasteiger partial charge in [0.2, 0.25) is 0 Å². The number of carbonyl (C=O) groups excluding carboxylic acids is 1. The van der Waals surface area contributed by atoms with Crippen molar-refractivity contribution in [3.8, 4) is 11.3 Å². The number of alkyl halides is 1. The molecule has 0 unspecified atom stereocenters. The highest BCUT2D eigenvalue weighted by atomic mass is 35.5. The maximum Gasteiger partial charge on any atom is 0.282 e. The summed E-state index contributed by atoms with van der Waals surface area (Å²) in [7, 11) is 0. The molecular weight excluding hydrogens is 310 g/mol. The first kappa shape index (κ1) is 15.6. The van der Waals surface area contributed by atoms with Crippen molar-refractivity contribution in [3.05, 3.63) is 46.8 Å². The third kappa shape index (κ3) is 4.09. The number of nitrogens with zero attached hydrogens (tertiary/aromatic N) is 2. The van der Waals surface area contributed by atoms with E-state index in [1.54, 1.807) is 11.0 Å². The van der Waals surface area contributed by atoms with Crippen LogP contribution in [-0.2, 0) is 0 Å². The fourth-order valence-electron chi connectivity index (χ4n) is 1.87. The number of thiol groups is 1. The van der Waals surface area contributed by atoms with Crippen LogP contribution in [0.2, 0.25) is 0 Å². The Labute approximate surface area is 132 Å². The summed E-state index contributed by atoms with van der Waals surface area (Å²) in [4.78, 5) is 24.1. The van der Waals surface area contributed by atoms with Crippen molar-refractivity contribution in [1.82, 2.24) is 10.2 Å². The van der Waals surface area contributed by atoms with Gasteiger partial charge in [0.25, 0.3) is 10.8 Å². The van der Waals surface area contributed by atoms with Crippen LogP contribution in [0.5, 0.6) is 0 Å². The van der Waals surface area contributed by atoms with E-state index < -0.39 is 0 Å². The number of carbonyl (C=O) groups is 1. The summed E-state index contributed by atoms with van der Waals surface area (Å²) in [5.74, 6) is 0.483. The monoisotopic (exact) mass is 323 g/mol. The minimum atomic E-state index is -0.324. The average molecular weight is 324 g/mol. The molecule has 0 spiro atoms. The molecule has 1 amide bonds. The van der Waals surface area contributed by atoms with Gasteiger partial charge in [0.1, 0.15) is 0 Å². The lowest BCUT2D eigenvalue weighted by Gasteiger charge is -2.20. The molecule has 1 aromatic heterocycles. The molecule has 7 heteroatoms. The zero-order valence-corrected chi connectivity index (χ0v) is 12.8. The Balaban J connectivity index is 2.22. The highest BCUT2D eigenvalue weighted by Gasteiger charge is 2.11. The molecular formula is C14H14ClN3O2S. The lowest BCUT2D eigenvalue weighted by atomic mass is 10.1. The second kappa shape index (κ2) is 7.28. The van der Waals surface area contributed by atoms with Crippen molar-refractivity contribution < 1.29 is 4.79 Å². The van der Waals surface area contributed by atoms with Gasteiger partial charge in [-0.25, -0.2) is 5.10 Å². The van der Waals surface area contributed by atoms with Gasteiger partial charge in [0.05, 0.1) is 5.69 Å². The van der Waals surface area contributed by atoms with E-state index in [-0.39, 0.29) is 10.8 Å². The lowest BCUT2D eigenvalue weighted by molar-refractivity contribution is 0.265. The number of aromatic nitrogens is 2. The molecule has 2 rings (SSSR count). The third-order valence-corrected chi connectivity index (χ3v) is 3.41. The molecule has 0 saturated carbocycles. The van der Waals surface area contributed by atoms with Crippen LogP contribution in [0.15, 0.2) is 41.2 Å². The highest BCUT2D eigenvalue weighted by Crippen LogP contribution is 2.22. The maximum atomic E-state index is 11.5. The molecule has 0 radical (unpaired) electrons. The van der Waals surface area contributed by atoms with Gasteiger partial charge >= 0.3 is 0 Å². The van der Waals surface area contributed by atoms with Gasteiger partial charge in [0.15, 0.2) is 0 Å². The Morgan fingerprint density at radius 3 is 2.48 bits per heavy atom. The van der Waals surface area contributed by atoms with E-state index in [2.05, 4.69) is 22.8 Å². The van der Waals surface area contributed by atoms with Crippen LogP contribution in [0, 0.1) is 0 Å². The molecule has 1 heterocycles. The molecule has 110 valence electrons. The molecule has 1 aromatic carbocycles. The number of H-pyrrole nitrogens is 1. The molecule has 0 bridgehead atoms. The summed E-state index contributed by atoms with van der Waals surface area (Å²) in [5, 5.41) is 6.02. The molecule has 0 aliphatic rings. The third-order valence-electron chi connectivity index (χ3n) is 2.90. The van der Waals surface area contributed by atoms with Gasteiger partial charge in [-0.1, -0.05) is 24.8 Å². The van der Waals surface area contributed by atoms with Crippen molar-refractivity contribution in [1.29, 1.82) is 0 Å². The topological polar surface area (TPSA) is 66.1 Å². The smallest absolute Gasteiger partial charge is 0.282 e. The Bertz CT molecular complexity index is 652. The van der Waals surface area contributed by atoms with Crippen molar-refractivity contribution in [2.45, 2.75) is 6.42 Å². The summed E-state index contributed by atoms with van der Waals surface area (Å²) in [6.45, 7) is 0.516. The molecule has 0 aliphatic heterocycles. The molecule has 0 aliphatic carbocycles. The van der Waals surface area contributed by atoms with E-state index in [1.165, 1.54) is 6.07 Å². The van der Waals surface area contributed by atoms with Gasteiger partial charge in [-0.05, 0) is 24.6 Å². The van der Waals surface area contributed by atoms with E-state index in [9.17, 15) is 9.59 Å².